The van der Waals surface area contributed by atoms with Gasteiger partial charge in [0.05, 0.1) is 22.9 Å². The molecule has 8 heteroatoms. The number of hydrogen-bond acceptors (Lipinski definition) is 3. The first-order valence-corrected chi connectivity index (χ1v) is 10.5. The van der Waals surface area contributed by atoms with Crippen LogP contribution >= 0.6 is 0 Å². The molecule has 2 aromatic rings. The predicted molar refractivity (Wildman–Crippen MR) is 112 cm³/mol. The monoisotopic (exact) mass is 448 g/mol. The Labute approximate surface area is 183 Å². The fourth-order valence-electron chi connectivity index (χ4n) is 4.78. The van der Waals surface area contributed by atoms with E-state index in [0.29, 0.717) is 25.7 Å². The van der Waals surface area contributed by atoms with E-state index in [1.165, 1.54) is 30.0 Å². The molecule has 4 rings (SSSR count). The second-order valence-electron chi connectivity index (χ2n) is 8.52. The maximum absolute atomic E-state index is 15.4. The Balaban J connectivity index is 1.60. The van der Waals surface area contributed by atoms with Crippen LogP contribution in [0.4, 0.5) is 23.2 Å². The highest BCUT2D eigenvalue weighted by Crippen LogP contribution is 2.46. The highest BCUT2D eigenvalue weighted by molar-refractivity contribution is 6.04. The number of carbonyl (C=O) groups excluding carboxylic acids is 1. The molecule has 1 amide bonds. The van der Waals surface area contributed by atoms with Crippen molar-refractivity contribution in [2.75, 3.05) is 5.32 Å². The normalized spacial score (nSPS) is 22.7. The minimum atomic E-state index is -3.74. The van der Waals surface area contributed by atoms with Gasteiger partial charge in [-0.2, -0.15) is 8.78 Å². The number of hydrogen-bond donors (Lipinski definition) is 2. The molecule has 2 unspecified atom stereocenters. The SMILES string of the molecule is C=C(N1C2CC[C@@H]1CC(O)C2)C(F)(F)c1cccc(C(=O)Nc2ccc(F)c(C)c2)c1F. The van der Waals surface area contributed by atoms with E-state index in [-0.39, 0.29) is 23.3 Å². The summed E-state index contributed by atoms with van der Waals surface area (Å²) in [6, 6.07) is 6.55. The van der Waals surface area contributed by atoms with Crippen molar-refractivity contribution < 1.29 is 27.5 Å². The number of benzene rings is 2. The zero-order valence-corrected chi connectivity index (χ0v) is 17.5. The average Bonchev–Trinajstić information content (AvgIpc) is 3.00. The molecule has 32 heavy (non-hydrogen) atoms. The maximum atomic E-state index is 15.4. The van der Waals surface area contributed by atoms with E-state index in [1.807, 2.05) is 0 Å². The Kier molecular flexibility index (Phi) is 5.75. The average molecular weight is 448 g/mol. The fourth-order valence-corrected chi connectivity index (χ4v) is 4.78. The number of halogens is 4. The highest BCUT2D eigenvalue weighted by atomic mass is 19.3. The molecule has 4 nitrogen and oxygen atoms in total. The van der Waals surface area contributed by atoms with Crippen LogP contribution in [0.3, 0.4) is 0 Å². The molecule has 2 aliphatic rings. The molecule has 0 aromatic heterocycles. The molecule has 2 bridgehead atoms. The van der Waals surface area contributed by atoms with Crippen molar-refractivity contribution in [3.05, 3.63) is 77.0 Å². The fraction of sp³-hybridized carbons (Fsp3) is 0.375. The van der Waals surface area contributed by atoms with Crippen LogP contribution in [0.15, 0.2) is 48.7 Å². The number of aryl methyl sites for hydroxylation is 1. The molecule has 0 spiro atoms. The Morgan fingerprint density at radius 1 is 1.16 bits per heavy atom. The summed E-state index contributed by atoms with van der Waals surface area (Å²) in [6.07, 6.45) is 1.53. The molecule has 0 saturated carbocycles. The Hall–Kier alpha value is -2.87. The van der Waals surface area contributed by atoms with Gasteiger partial charge in [-0.1, -0.05) is 12.6 Å². The number of allylic oxidation sites excluding steroid dienone is 1. The van der Waals surface area contributed by atoms with Crippen molar-refractivity contribution in [3.63, 3.8) is 0 Å². The summed E-state index contributed by atoms with van der Waals surface area (Å²) in [5, 5.41) is 12.4. The highest BCUT2D eigenvalue weighted by Gasteiger charge is 2.49. The molecule has 170 valence electrons. The first-order valence-electron chi connectivity index (χ1n) is 10.5. The third kappa shape index (κ3) is 3.88. The van der Waals surface area contributed by atoms with Crippen molar-refractivity contribution in [1.82, 2.24) is 4.90 Å². The van der Waals surface area contributed by atoms with Crippen LogP contribution in [-0.2, 0) is 5.92 Å². The first-order chi connectivity index (χ1) is 15.1. The molecule has 0 radical (unpaired) electrons. The molecule has 0 aliphatic carbocycles. The van der Waals surface area contributed by atoms with Gasteiger partial charge in [0.1, 0.15) is 11.6 Å². The molecular formula is C24H24F4N2O2. The standard InChI is InChI=1S/C24H24F4N2O2/c1-13-10-15(6-9-21(13)25)29-23(32)19-4-3-5-20(22(19)26)24(27,28)14(2)30-16-7-8-17(30)12-18(31)11-16/h3-6,9-10,16-18,31H,2,7-8,11-12H2,1H3,(H,29,32)/t16-,17?,18?/m1/s1. The second-order valence-corrected chi connectivity index (χ2v) is 8.52. The van der Waals surface area contributed by atoms with Crippen molar-refractivity contribution >= 4 is 11.6 Å². The van der Waals surface area contributed by atoms with Gasteiger partial charge in [-0.05, 0) is 68.5 Å². The number of aliphatic hydroxyl groups is 1. The van der Waals surface area contributed by atoms with E-state index in [2.05, 4.69) is 11.9 Å². The van der Waals surface area contributed by atoms with E-state index in [4.69, 9.17) is 0 Å². The van der Waals surface area contributed by atoms with Gasteiger partial charge >= 0.3 is 5.92 Å². The van der Waals surface area contributed by atoms with Gasteiger partial charge in [0.15, 0.2) is 0 Å². The lowest BCUT2D eigenvalue weighted by molar-refractivity contribution is -0.0280. The van der Waals surface area contributed by atoms with Gasteiger partial charge in [-0.3, -0.25) is 4.79 Å². The van der Waals surface area contributed by atoms with Crippen LogP contribution in [0.5, 0.6) is 0 Å². The Morgan fingerprint density at radius 2 is 1.81 bits per heavy atom. The van der Waals surface area contributed by atoms with Crippen LogP contribution < -0.4 is 5.32 Å². The summed E-state index contributed by atoms with van der Waals surface area (Å²) in [5.41, 5.74) is -1.51. The van der Waals surface area contributed by atoms with Crippen LogP contribution in [-0.4, -0.2) is 34.1 Å². The predicted octanol–water partition coefficient (Wildman–Crippen LogP) is 5.12. The van der Waals surface area contributed by atoms with E-state index in [9.17, 15) is 14.3 Å². The third-order valence-corrected chi connectivity index (χ3v) is 6.38. The number of rotatable bonds is 5. The van der Waals surface area contributed by atoms with E-state index >= 15 is 13.2 Å². The van der Waals surface area contributed by atoms with E-state index in [1.54, 1.807) is 0 Å². The summed E-state index contributed by atoms with van der Waals surface area (Å²) < 4.78 is 59.4. The van der Waals surface area contributed by atoms with Crippen LogP contribution in [0.25, 0.3) is 0 Å². The number of piperidine rings is 1. The second kappa shape index (κ2) is 8.24. The van der Waals surface area contributed by atoms with Crippen molar-refractivity contribution in [2.24, 2.45) is 0 Å². The lowest BCUT2D eigenvalue weighted by Gasteiger charge is -2.42. The molecule has 3 atom stereocenters. The quantitative estimate of drug-likeness (QED) is 0.625. The van der Waals surface area contributed by atoms with Crippen LogP contribution in [0, 0.1) is 18.6 Å². The number of amides is 1. The smallest absolute Gasteiger partial charge is 0.314 e. The molecule has 2 N–H and O–H groups in total. The number of nitrogens with zero attached hydrogens (tertiary/aromatic N) is 1. The Morgan fingerprint density at radius 3 is 2.44 bits per heavy atom. The summed E-state index contributed by atoms with van der Waals surface area (Å²) >= 11 is 0. The first kappa shape index (κ1) is 22.3. The van der Waals surface area contributed by atoms with Crippen molar-refractivity contribution in [1.29, 1.82) is 0 Å². The number of alkyl halides is 2. The van der Waals surface area contributed by atoms with E-state index < -0.39 is 46.4 Å². The zero-order valence-electron chi connectivity index (χ0n) is 17.5. The third-order valence-electron chi connectivity index (χ3n) is 6.38. The van der Waals surface area contributed by atoms with Crippen molar-refractivity contribution in [2.45, 2.75) is 56.7 Å². The van der Waals surface area contributed by atoms with Crippen LogP contribution in [0.2, 0.25) is 0 Å². The summed E-state index contributed by atoms with van der Waals surface area (Å²) in [6.45, 7) is 5.09. The molecule has 2 saturated heterocycles. The molecular weight excluding hydrogens is 424 g/mol. The molecule has 2 heterocycles. The number of aliphatic hydroxyl groups excluding tert-OH is 1. The minimum absolute atomic E-state index is 0.221. The van der Waals surface area contributed by atoms with Gasteiger partial charge in [-0.15, -0.1) is 0 Å². The number of fused-ring (bicyclic) bond motifs is 2. The van der Waals surface area contributed by atoms with E-state index in [0.717, 1.165) is 18.2 Å². The topological polar surface area (TPSA) is 52.6 Å². The van der Waals surface area contributed by atoms with Gasteiger partial charge in [0.2, 0.25) is 0 Å². The summed E-state index contributed by atoms with van der Waals surface area (Å²) in [5.74, 6) is -6.46. The zero-order chi connectivity index (χ0) is 23.2. The number of anilines is 1. The van der Waals surface area contributed by atoms with Gasteiger partial charge in [0.25, 0.3) is 5.91 Å². The maximum Gasteiger partial charge on any atom is 0.314 e. The van der Waals surface area contributed by atoms with Gasteiger partial charge < -0.3 is 15.3 Å². The number of nitrogens with one attached hydrogen (secondary N) is 1. The van der Waals surface area contributed by atoms with Crippen LogP contribution in [0.1, 0.15) is 47.2 Å². The van der Waals surface area contributed by atoms with Gasteiger partial charge in [0, 0.05) is 17.8 Å². The lowest BCUT2D eigenvalue weighted by atomic mass is 9.95. The summed E-state index contributed by atoms with van der Waals surface area (Å²) in [7, 11) is 0. The number of carbonyl (C=O) groups is 1. The molecule has 2 aromatic carbocycles. The summed E-state index contributed by atoms with van der Waals surface area (Å²) in [4.78, 5) is 14.1. The van der Waals surface area contributed by atoms with Gasteiger partial charge in [-0.25, -0.2) is 8.78 Å². The Bertz CT molecular complexity index is 1060. The lowest BCUT2D eigenvalue weighted by Crippen LogP contribution is -2.47. The minimum Gasteiger partial charge on any atom is -0.393 e. The molecule has 2 fully saturated rings. The largest absolute Gasteiger partial charge is 0.393 e. The van der Waals surface area contributed by atoms with Crippen molar-refractivity contribution in [3.8, 4) is 0 Å². The molecule has 2 aliphatic heterocycles.